The molecule has 14 heteroatoms. The van der Waals surface area contributed by atoms with Crippen molar-refractivity contribution in [2.24, 2.45) is 0 Å². The molecule has 10 aromatic rings. The topological polar surface area (TPSA) is 145 Å². The summed E-state index contributed by atoms with van der Waals surface area (Å²) >= 11 is 0. The molecule has 0 fully saturated rings. The average Bonchev–Trinajstić information content (AvgIpc) is 1.72. The SMILES string of the molecule is CCCCc1c2nc(c(-c3cccc(OC)c3)c3ccc([n-]3)c(-c3c4nc(c(-c5cccc(OC)c5)c5ccc([n-]5)c(CCCC)c5nc(c(-c6cccc(OC)c6)c6ccc3[n-]6)C=C5)C=C4)c3nc(c(-c4cccc(OC)c4)c4ccc1[n-]4)C=C3)C=C2.[Zn+2].[Zn+2]. The van der Waals surface area contributed by atoms with Gasteiger partial charge < -0.3 is 38.9 Å². The summed E-state index contributed by atoms with van der Waals surface area (Å²) in [4.78, 5) is 44.9. The van der Waals surface area contributed by atoms with Crippen LogP contribution in [0.3, 0.4) is 0 Å². The van der Waals surface area contributed by atoms with E-state index in [1.807, 2.05) is 72.8 Å². The summed E-state index contributed by atoms with van der Waals surface area (Å²) in [5.41, 5.74) is 22.5. The summed E-state index contributed by atoms with van der Waals surface area (Å²) in [6, 6.07) is 49.1. The van der Waals surface area contributed by atoms with Crippen LogP contribution in [0.25, 0.3) is 148 Å². The summed E-state index contributed by atoms with van der Waals surface area (Å²) in [5.74, 6) is 2.86. The number of aromatic nitrogens is 8. The molecule has 16 bridgehead atoms. The van der Waals surface area contributed by atoms with Gasteiger partial charge >= 0.3 is 39.0 Å². The van der Waals surface area contributed by atoms with Crippen LogP contribution in [0.1, 0.15) is 96.2 Å². The quantitative estimate of drug-likeness (QED) is 0.0901. The minimum absolute atomic E-state index is 0. The van der Waals surface area contributed by atoms with Crippen LogP contribution in [0.15, 0.2) is 146 Å². The maximum absolute atomic E-state index is 5.87. The van der Waals surface area contributed by atoms with Gasteiger partial charge in [-0.15, -0.1) is 44.1 Å². The summed E-state index contributed by atoms with van der Waals surface area (Å²) in [5, 5.41) is 0. The Morgan fingerprint density at radius 2 is 0.522 bits per heavy atom. The van der Waals surface area contributed by atoms with Crippen molar-refractivity contribution in [1.82, 2.24) is 39.9 Å². The van der Waals surface area contributed by atoms with Crippen LogP contribution in [0.5, 0.6) is 23.0 Å². The number of unbranched alkanes of at least 4 members (excludes halogenated alkanes) is 2. The van der Waals surface area contributed by atoms with Gasteiger partial charge in [-0.05, 0) is 190 Å². The van der Waals surface area contributed by atoms with Gasteiger partial charge in [-0.3, -0.25) is 0 Å². The van der Waals surface area contributed by atoms with Gasteiger partial charge in [0.1, 0.15) is 23.0 Å². The van der Waals surface area contributed by atoms with Gasteiger partial charge in [0.2, 0.25) is 0 Å². The standard InChI is InChI=1S/C76H62N8O4.2Zn/c1-7-9-23-53-55-25-29-59(77-55)71(45-15-11-19-49(41-45)85-3)63-33-37-67(81-63)75(68-38-34-64(82-68)72(60-30-26-56(53)78-60)46-16-12-20-50(42-46)86-4)76-69-39-35-65(83-69)73(47-17-13-21-51(43-47)87-5)61-31-27-57(79-61)54(24-10-8-2)58-28-32-62(80-58)74(66-36-40-70(76)84-66)48-18-14-22-52(44-48)88-6;;/h11-22,25-44H,7-10,23-24H2,1-6H3;;/q-4;2*+2. The first-order valence-electron chi connectivity index (χ1n) is 30.0. The van der Waals surface area contributed by atoms with Crippen LogP contribution in [0, 0.1) is 0 Å². The molecule has 6 aromatic heterocycles. The van der Waals surface area contributed by atoms with E-state index in [0.29, 0.717) is 79.0 Å². The molecule has 0 saturated heterocycles. The van der Waals surface area contributed by atoms with Crippen molar-refractivity contribution in [2.75, 3.05) is 28.4 Å². The van der Waals surface area contributed by atoms with Crippen LogP contribution in [-0.2, 0) is 51.8 Å². The Kier molecular flexibility index (Phi) is 17.8. The number of hydrogen-bond donors (Lipinski definition) is 0. The molecule has 14 rings (SSSR count). The van der Waals surface area contributed by atoms with E-state index in [2.05, 4.69) is 135 Å². The molecule has 0 unspecified atom stereocenters. The molecule has 0 spiro atoms. The fraction of sp³-hybridized carbons (Fsp3) is 0.158. The molecule has 434 valence electrons. The van der Waals surface area contributed by atoms with Gasteiger partial charge in [0.15, 0.2) is 0 Å². The first kappa shape index (κ1) is 60.8. The maximum Gasteiger partial charge on any atom is 2.00 e. The molecule has 90 heavy (non-hydrogen) atoms. The van der Waals surface area contributed by atoms with E-state index in [9.17, 15) is 0 Å². The van der Waals surface area contributed by atoms with Crippen LogP contribution in [0.2, 0.25) is 0 Å². The number of benzene rings is 4. The maximum atomic E-state index is 5.87. The van der Waals surface area contributed by atoms with Gasteiger partial charge in [0, 0.05) is 0 Å². The number of fused-ring (bicyclic) bond motifs is 16. The van der Waals surface area contributed by atoms with Crippen molar-refractivity contribution >= 4 is 92.7 Å². The zero-order chi connectivity index (χ0) is 59.8. The molecule has 10 heterocycles. The van der Waals surface area contributed by atoms with E-state index < -0.39 is 0 Å². The molecule has 0 aliphatic carbocycles. The van der Waals surface area contributed by atoms with Gasteiger partial charge in [0.25, 0.3) is 0 Å². The van der Waals surface area contributed by atoms with E-state index in [0.717, 1.165) is 139 Å². The van der Waals surface area contributed by atoms with Gasteiger partial charge in [-0.2, -0.15) is 0 Å². The summed E-state index contributed by atoms with van der Waals surface area (Å²) in [7, 11) is 6.75. The number of rotatable bonds is 15. The Morgan fingerprint density at radius 1 is 0.289 bits per heavy atom. The Hall–Kier alpha value is -9.47. The van der Waals surface area contributed by atoms with Crippen molar-refractivity contribution < 1.29 is 57.9 Å². The number of hydrogen-bond acceptors (Lipinski definition) is 8. The minimum atomic E-state index is 0. The van der Waals surface area contributed by atoms with Crippen LogP contribution in [0.4, 0.5) is 0 Å². The van der Waals surface area contributed by atoms with Crippen molar-refractivity contribution in [3.05, 3.63) is 202 Å². The van der Waals surface area contributed by atoms with Gasteiger partial charge in [-0.25, -0.2) is 19.9 Å². The van der Waals surface area contributed by atoms with Crippen LogP contribution < -0.4 is 38.9 Å². The molecular formula is C76H62N8O4Zn2. The zero-order valence-electron chi connectivity index (χ0n) is 51.3. The molecule has 0 amide bonds. The molecule has 4 aliphatic heterocycles. The van der Waals surface area contributed by atoms with E-state index in [4.69, 9.17) is 58.8 Å². The second-order valence-electron chi connectivity index (χ2n) is 22.1. The zero-order valence-corrected chi connectivity index (χ0v) is 57.3. The first-order chi connectivity index (χ1) is 43.3. The van der Waals surface area contributed by atoms with Crippen molar-refractivity contribution in [3.8, 4) is 78.6 Å². The minimum Gasteiger partial charge on any atom is -0.657 e. The molecule has 0 N–H and O–H groups in total. The number of ether oxygens (including phenoxy) is 4. The van der Waals surface area contributed by atoms with Crippen molar-refractivity contribution in [3.63, 3.8) is 0 Å². The van der Waals surface area contributed by atoms with Crippen molar-refractivity contribution in [1.29, 1.82) is 0 Å². The summed E-state index contributed by atoms with van der Waals surface area (Å²) < 4.78 is 23.5. The molecule has 4 aliphatic rings. The third-order valence-electron chi connectivity index (χ3n) is 16.7. The first-order valence-corrected chi connectivity index (χ1v) is 30.0. The average molecular weight is 1280 g/mol. The predicted molar refractivity (Wildman–Crippen MR) is 358 cm³/mol. The van der Waals surface area contributed by atoms with E-state index in [1.165, 1.54) is 0 Å². The second kappa shape index (κ2) is 26.3. The Balaban J connectivity index is 0.00000392. The number of nitrogens with zero attached hydrogens (tertiary/aromatic N) is 8. The van der Waals surface area contributed by atoms with Gasteiger partial charge in [0.05, 0.1) is 74.0 Å². The molecule has 12 nitrogen and oxygen atoms in total. The van der Waals surface area contributed by atoms with E-state index in [1.54, 1.807) is 28.4 Å². The van der Waals surface area contributed by atoms with Gasteiger partial charge in [-0.1, -0.05) is 124 Å². The fourth-order valence-electron chi connectivity index (χ4n) is 12.3. The number of aryl methyl sites for hydroxylation is 2. The fourth-order valence-corrected chi connectivity index (χ4v) is 12.3. The van der Waals surface area contributed by atoms with Crippen molar-refractivity contribution in [2.45, 2.75) is 52.4 Å². The normalized spacial score (nSPS) is 12.0. The molecule has 0 radical (unpaired) electrons. The molecule has 4 aromatic carbocycles. The Bertz CT molecular complexity index is 4530. The third-order valence-corrected chi connectivity index (χ3v) is 16.7. The largest absolute Gasteiger partial charge is 2.00 e. The predicted octanol–water partition coefficient (Wildman–Crippen LogP) is 17.2. The monoisotopic (exact) mass is 1280 g/mol. The third kappa shape index (κ3) is 11.5. The van der Waals surface area contributed by atoms with Crippen LogP contribution in [-0.4, -0.2) is 48.4 Å². The molecule has 0 atom stereocenters. The molecule has 0 saturated carbocycles. The van der Waals surface area contributed by atoms with E-state index >= 15 is 0 Å². The summed E-state index contributed by atoms with van der Waals surface area (Å²) in [6.07, 6.45) is 22.3. The second-order valence-corrected chi connectivity index (χ2v) is 22.1. The Labute approximate surface area is 548 Å². The smallest absolute Gasteiger partial charge is 0.657 e. The Morgan fingerprint density at radius 3 is 0.800 bits per heavy atom. The summed E-state index contributed by atoms with van der Waals surface area (Å²) in [6.45, 7) is 4.42. The number of methoxy groups -OCH3 is 4. The molecular weight excluding hydrogens is 1220 g/mol. The van der Waals surface area contributed by atoms with Crippen LogP contribution >= 0.6 is 0 Å². The van der Waals surface area contributed by atoms with E-state index in [-0.39, 0.29) is 39.0 Å².